The van der Waals surface area contributed by atoms with Gasteiger partial charge in [0.25, 0.3) is 0 Å². The van der Waals surface area contributed by atoms with Gasteiger partial charge in [-0.1, -0.05) is 18.5 Å². The highest BCUT2D eigenvalue weighted by atomic mass is 35.5. The van der Waals surface area contributed by atoms with E-state index in [4.69, 9.17) is 16.3 Å². The molecule has 0 aliphatic rings. The first kappa shape index (κ1) is 15.5. The number of rotatable bonds is 6. The summed E-state index contributed by atoms with van der Waals surface area (Å²) in [6.07, 6.45) is 0.977. The van der Waals surface area contributed by atoms with E-state index in [2.05, 4.69) is 17.2 Å². The maximum atomic E-state index is 13.1. The van der Waals surface area contributed by atoms with Crippen molar-refractivity contribution in [3.63, 3.8) is 0 Å². The molecule has 0 radical (unpaired) electrons. The summed E-state index contributed by atoms with van der Waals surface area (Å²) in [5, 5.41) is 3.60. The summed E-state index contributed by atoms with van der Waals surface area (Å²) in [6.45, 7) is 2.93. The number of halogens is 3. The molecule has 0 aliphatic carbocycles. The predicted octanol–water partition coefficient (Wildman–Crippen LogP) is 4.41. The summed E-state index contributed by atoms with van der Waals surface area (Å²) in [6, 6.07) is 6.85. The Morgan fingerprint density at radius 3 is 2.71 bits per heavy atom. The number of nitrogens with zero attached hydrogens (tertiary/aromatic N) is 1. The normalized spacial score (nSPS) is 10.5. The van der Waals surface area contributed by atoms with Crippen LogP contribution in [0, 0.1) is 11.6 Å². The average Bonchev–Trinajstić information content (AvgIpc) is 2.48. The first-order valence-electron chi connectivity index (χ1n) is 6.57. The van der Waals surface area contributed by atoms with Crippen molar-refractivity contribution < 1.29 is 13.5 Å². The molecule has 112 valence electrons. The fraction of sp³-hybridized carbons (Fsp3) is 0.267. The van der Waals surface area contributed by atoms with Crippen molar-refractivity contribution in [2.24, 2.45) is 0 Å². The third-order valence-electron chi connectivity index (χ3n) is 2.74. The first-order valence-corrected chi connectivity index (χ1v) is 6.95. The number of hydrogen-bond acceptors (Lipinski definition) is 3. The molecule has 1 aromatic heterocycles. The largest absolute Gasteiger partial charge is 0.487 e. The molecule has 3 nitrogen and oxygen atoms in total. The molecule has 0 atom stereocenters. The van der Waals surface area contributed by atoms with Gasteiger partial charge < -0.3 is 10.1 Å². The van der Waals surface area contributed by atoms with E-state index in [1.807, 2.05) is 0 Å². The number of anilines is 1. The lowest BCUT2D eigenvalue weighted by atomic mass is 10.3. The summed E-state index contributed by atoms with van der Waals surface area (Å²) < 4.78 is 31.3. The lowest BCUT2D eigenvalue weighted by Crippen LogP contribution is -2.05. The number of ether oxygens (including phenoxy) is 1. The van der Waals surface area contributed by atoms with Crippen LogP contribution in [-0.2, 0) is 6.61 Å². The van der Waals surface area contributed by atoms with E-state index in [-0.39, 0.29) is 12.4 Å². The third-order valence-corrected chi connectivity index (χ3v) is 3.09. The van der Waals surface area contributed by atoms with E-state index in [0.717, 1.165) is 25.1 Å². The van der Waals surface area contributed by atoms with Crippen LogP contribution in [0.25, 0.3) is 0 Å². The van der Waals surface area contributed by atoms with E-state index < -0.39 is 11.6 Å². The number of nitrogens with one attached hydrogen (secondary N) is 1. The molecule has 1 N–H and O–H groups in total. The molecule has 0 spiro atoms. The number of hydrogen-bond donors (Lipinski definition) is 1. The molecule has 0 saturated carbocycles. The molecule has 0 bridgehead atoms. The number of aromatic nitrogens is 1. The molecule has 2 rings (SSSR count). The molecular formula is C15H15ClF2N2O. The average molecular weight is 313 g/mol. The Hall–Kier alpha value is -1.88. The Kier molecular flexibility index (Phi) is 5.33. The zero-order valence-corrected chi connectivity index (χ0v) is 12.3. The van der Waals surface area contributed by atoms with Crippen LogP contribution in [0.3, 0.4) is 0 Å². The van der Waals surface area contributed by atoms with Crippen LogP contribution >= 0.6 is 11.6 Å². The van der Waals surface area contributed by atoms with Crippen LogP contribution in [0.2, 0.25) is 5.02 Å². The van der Waals surface area contributed by atoms with Gasteiger partial charge in [-0.3, -0.25) is 0 Å². The standard InChI is InChI=1S/C15H15ClF2N2O/c1-2-7-19-15-6-4-11(16)14(20-15)9-21-10-3-5-12(17)13(18)8-10/h3-6,8H,2,7,9H2,1H3,(H,19,20). The second kappa shape index (κ2) is 7.22. The van der Waals surface area contributed by atoms with Crippen LogP contribution in [0.4, 0.5) is 14.6 Å². The zero-order chi connectivity index (χ0) is 15.2. The Balaban J connectivity index is 2.06. The van der Waals surface area contributed by atoms with Gasteiger partial charge in [-0.25, -0.2) is 13.8 Å². The van der Waals surface area contributed by atoms with E-state index in [1.54, 1.807) is 12.1 Å². The van der Waals surface area contributed by atoms with Gasteiger partial charge in [0.1, 0.15) is 18.2 Å². The molecule has 0 aliphatic heterocycles. The van der Waals surface area contributed by atoms with Crippen molar-refractivity contribution in [3.8, 4) is 5.75 Å². The Bertz CT molecular complexity index is 623. The zero-order valence-electron chi connectivity index (χ0n) is 11.5. The fourth-order valence-corrected chi connectivity index (χ4v) is 1.82. The highest BCUT2D eigenvalue weighted by Gasteiger charge is 2.07. The van der Waals surface area contributed by atoms with Gasteiger partial charge in [0.05, 0.1) is 10.7 Å². The van der Waals surface area contributed by atoms with E-state index in [0.29, 0.717) is 16.5 Å². The summed E-state index contributed by atoms with van der Waals surface area (Å²) in [5.74, 6) is -0.946. The van der Waals surface area contributed by atoms with Gasteiger partial charge in [-0.15, -0.1) is 0 Å². The van der Waals surface area contributed by atoms with Crippen molar-refractivity contribution >= 4 is 17.4 Å². The van der Waals surface area contributed by atoms with E-state index in [1.165, 1.54) is 6.07 Å². The maximum Gasteiger partial charge on any atom is 0.162 e. The predicted molar refractivity (Wildman–Crippen MR) is 78.7 cm³/mol. The minimum Gasteiger partial charge on any atom is -0.487 e. The monoisotopic (exact) mass is 312 g/mol. The molecule has 21 heavy (non-hydrogen) atoms. The topological polar surface area (TPSA) is 34.1 Å². The van der Waals surface area contributed by atoms with Crippen molar-refractivity contribution in [3.05, 3.63) is 52.7 Å². The second-order valence-corrected chi connectivity index (χ2v) is 4.82. The van der Waals surface area contributed by atoms with Crippen molar-refractivity contribution in [2.75, 3.05) is 11.9 Å². The molecule has 1 aromatic carbocycles. The van der Waals surface area contributed by atoms with E-state index >= 15 is 0 Å². The maximum absolute atomic E-state index is 13.1. The summed E-state index contributed by atoms with van der Waals surface area (Å²) in [7, 11) is 0. The van der Waals surface area contributed by atoms with Crippen molar-refractivity contribution in [1.29, 1.82) is 0 Å². The van der Waals surface area contributed by atoms with Crippen molar-refractivity contribution in [2.45, 2.75) is 20.0 Å². The SMILES string of the molecule is CCCNc1ccc(Cl)c(COc2ccc(F)c(F)c2)n1. The van der Waals surface area contributed by atoms with Crippen LogP contribution in [0.15, 0.2) is 30.3 Å². The molecule has 0 saturated heterocycles. The summed E-state index contributed by atoms with van der Waals surface area (Å²) in [5.41, 5.74) is 0.530. The lowest BCUT2D eigenvalue weighted by molar-refractivity contribution is 0.299. The van der Waals surface area contributed by atoms with Gasteiger partial charge >= 0.3 is 0 Å². The van der Waals surface area contributed by atoms with Gasteiger partial charge in [0, 0.05) is 12.6 Å². The molecule has 2 aromatic rings. The third kappa shape index (κ3) is 4.29. The van der Waals surface area contributed by atoms with Gasteiger partial charge in [-0.05, 0) is 30.7 Å². The molecule has 0 amide bonds. The molecule has 0 fully saturated rings. The highest BCUT2D eigenvalue weighted by Crippen LogP contribution is 2.20. The van der Waals surface area contributed by atoms with Crippen molar-refractivity contribution in [1.82, 2.24) is 4.98 Å². The molecule has 1 heterocycles. The smallest absolute Gasteiger partial charge is 0.162 e. The second-order valence-electron chi connectivity index (χ2n) is 4.42. The van der Waals surface area contributed by atoms with Gasteiger partial charge in [0.2, 0.25) is 0 Å². The summed E-state index contributed by atoms with van der Waals surface area (Å²) >= 11 is 6.05. The van der Waals surface area contributed by atoms with Gasteiger partial charge in [0.15, 0.2) is 11.6 Å². The van der Waals surface area contributed by atoms with E-state index in [9.17, 15) is 8.78 Å². The lowest BCUT2D eigenvalue weighted by Gasteiger charge is -2.10. The first-order chi connectivity index (χ1) is 10.1. The number of pyridine rings is 1. The molecule has 0 unspecified atom stereocenters. The van der Waals surface area contributed by atoms with Crippen LogP contribution in [0.5, 0.6) is 5.75 Å². The summed E-state index contributed by atoms with van der Waals surface area (Å²) in [4.78, 5) is 4.33. The van der Waals surface area contributed by atoms with Crippen LogP contribution in [-0.4, -0.2) is 11.5 Å². The minimum absolute atomic E-state index is 0.0750. The highest BCUT2D eigenvalue weighted by molar-refractivity contribution is 6.31. The quantitative estimate of drug-likeness (QED) is 0.857. The fourth-order valence-electron chi connectivity index (χ4n) is 1.66. The minimum atomic E-state index is -0.954. The Labute approximate surface area is 126 Å². The van der Waals surface area contributed by atoms with Crippen LogP contribution < -0.4 is 10.1 Å². The molecular weight excluding hydrogens is 298 g/mol. The number of benzene rings is 1. The Morgan fingerprint density at radius 1 is 1.19 bits per heavy atom. The Morgan fingerprint density at radius 2 is 2.00 bits per heavy atom. The van der Waals surface area contributed by atoms with Gasteiger partial charge in [-0.2, -0.15) is 0 Å². The van der Waals surface area contributed by atoms with Crippen LogP contribution in [0.1, 0.15) is 19.0 Å². The molecule has 6 heteroatoms.